The summed E-state index contributed by atoms with van der Waals surface area (Å²) in [6, 6.07) is 6.29. The van der Waals surface area contributed by atoms with Crippen molar-refractivity contribution < 1.29 is 4.39 Å². The quantitative estimate of drug-likeness (QED) is 0.929. The zero-order chi connectivity index (χ0) is 13.2. The van der Waals surface area contributed by atoms with Crippen LogP contribution in [0.3, 0.4) is 0 Å². The van der Waals surface area contributed by atoms with Crippen LogP contribution < -0.4 is 5.32 Å². The zero-order valence-corrected chi connectivity index (χ0v) is 11.8. The van der Waals surface area contributed by atoms with E-state index in [0.29, 0.717) is 5.95 Å². The van der Waals surface area contributed by atoms with E-state index in [1.54, 1.807) is 18.3 Å². The highest BCUT2D eigenvalue weighted by atomic mass is 79.9. The van der Waals surface area contributed by atoms with Gasteiger partial charge in [0.1, 0.15) is 5.82 Å². The molecule has 5 heteroatoms. The molecule has 0 unspecified atom stereocenters. The number of aromatic nitrogens is 2. The van der Waals surface area contributed by atoms with Crippen molar-refractivity contribution in [3.63, 3.8) is 0 Å². The smallest absolute Gasteiger partial charge is 0.223 e. The van der Waals surface area contributed by atoms with E-state index < -0.39 is 0 Å². The molecule has 1 fully saturated rings. The molecular weight excluding hydrogens is 309 g/mol. The van der Waals surface area contributed by atoms with Gasteiger partial charge < -0.3 is 5.32 Å². The predicted molar refractivity (Wildman–Crippen MR) is 76.3 cm³/mol. The van der Waals surface area contributed by atoms with Gasteiger partial charge in [0.2, 0.25) is 5.95 Å². The molecule has 0 radical (unpaired) electrons. The second-order valence-corrected chi connectivity index (χ2v) is 5.58. The summed E-state index contributed by atoms with van der Waals surface area (Å²) in [6.07, 6.45) is 4.30. The maximum atomic E-state index is 12.9. The Balaban J connectivity index is 1.85. The molecule has 0 amide bonds. The molecule has 98 valence electrons. The van der Waals surface area contributed by atoms with Crippen LogP contribution in [-0.2, 0) is 0 Å². The minimum atomic E-state index is -0.249. The largest absolute Gasteiger partial charge is 0.354 e. The van der Waals surface area contributed by atoms with Crippen molar-refractivity contribution in [1.29, 1.82) is 0 Å². The fourth-order valence-corrected chi connectivity index (χ4v) is 2.24. The Hall–Kier alpha value is -1.49. The lowest BCUT2D eigenvalue weighted by atomic mass is 10.1. The molecule has 1 aliphatic carbocycles. The molecule has 3 rings (SSSR count). The van der Waals surface area contributed by atoms with Gasteiger partial charge in [0.15, 0.2) is 0 Å². The molecule has 0 aliphatic heterocycles. The minimum Gasteiger partial charge on any atom is -0.354 e. The molecule has 1 aromatic heterocycles. The molecule has 0 spiro atoms. The standard InChI is InChI=1S/C14H13BrFN3/c15-12-8-18-14(17-7-9-1-2-9)19-13(12)10-3-5-11(16)6-4-10/h3-6,8-9H,1-2,7H2,(H,17,18,19). The van der Waals surface area contributed by atoms with E-state index in [-0.39, 0.29) is 5.82 Å². The van der Waals surface area contributed by atoms with Crippen LogP contribution in [-0.4, -0.2) is 16.5 Å². The van der Waals surface area contributed by atoms with Crippen LogP contribution in [0, 0.1) is 11.7 Å². The van der Waals surface area contributed by atoms with Gasteiger partial charge >= 0.3 is 0 Å². The van der Waals surface area contributed by atoms with Gasteiger partial charge in [0.25, 0.3) is 0 Å². The zero-order valence-electron chi connectivity index (χ0n) is 10.2. The van der Waals surface area contributed by atoms with Crippen LogP contribution in [0.15, 0.2) is 34.9 Å². The molecule has 1 saturated carbocycles. The van der Waals surface area contributed by atoms with E-state index in [0.717, 1.165) is 28.2 Å². The monoisotopic (exact) mass is 321 g/mol. The SMILES string of the molecule is Fc1ccc(-c2nc(NCC3CC3)ncc2Br)cc1. The maximum absolute atomic E-state index is 12.9. The highest BCUT2D eigenvalue weighted by Gasteiger charge is 2.21. The Kier molecular flexibility index (Phi) is 3.46. The Bertz CT molecular complexity index is 582. The fraction of sp³-hybridized carbons (Fsp3) is 0.286. The molecule has 0 saturated heterocycles. The molecule has 0 bridgehead atoms. The van der Waals surface area contributed by atoms with Crippen molar-refractivity contribution >= 4 is 21.9 Å². The van der Waals surface area contributed by atoms with Crippen molar-refractivity contribution in [2.24, 2.45) is 5.92 Å². The Morgan fingerprint density at radius 1 is 1.26 bits per heavy atom. The third kappa shape index (κ3) is 3.10. The van der Waals surface area contributed by atoms with E-state index in [1.165, 1.54) is 25.0 Å². The van der Waals surface area contributed by atoms with Gasteiger partial charge in [-0.3, -0.25) is 0 Å². The number of hydrogen-bond acceptors (Lipinski definition) is 3. The number of halogens is 2. The lowest BCUT2D eigenvalue weighted by Gasteiger charge is -2.08. The first-order valence-electron chi connectivity index (χ1n) is 6.25. The van der Waals surface area contributed by atoms with Crippen molar-refractivity contribution in [1.82, 2.24) is 9.97 Å². The first kappa shape index (κ1) is 12.5. The van der Waals surface area contributed by atoms with E-state index in [1.807, 2.05) is 0 Å². The van der Waals surface area contributed by atoms with E-state index in [4.69, 9.17) is 0 Å². The van der Waals surface area contributed by atoms with Gasteiger partial charge in [-0.1, -0.05) is 0 Å². The van der Waals surface area contributed by atoms with Crippen LogP contribution in [0.2, 0.25) is 0 Å². The molecule has 1 aromatic carbocycles. The van der Waals surface area contributed by atoms with Gasteiger partial charge in [0.05, 0.1) is 10.2 Å². The number of rotatable bonds is 4. The van der Waals surface area contributed by atoms with Crippen LogP contribution in [0.5, 0.6) is 0 Å². The maximum Gasteiger partial charge on any atom is 0.223 e. The molecule has 1 aliphatic rings. The lowest BCUT2D eigenvalue weighted by Crippen LogP contribution is -2.07. The highest BCUT2D eigenvalue weighted by Crippen LogP contribution is 2.30. The number of nitrogens with zero attached hydrogens (tertiary/aromatic N) is 2. The highest BCUT2D eigenvalue weighted by molar-refractivity contribution is 9.10. The Morgan fingerprint density at radius 3 is 2.68 bits per heavy atom. The number of benzene rings is 1. The van der Waals surface area contributed by atoms with Crippen molar-refractivity contribution in [3.8, 4) is 11.3 Å². The Morgan fingerprint density at radius 2 is 2.00 bits per heavy atom. The van der Waals surface area contributed by atoms with Crippen LogP contribution >= 0.6 is 15.9 Å². The number of hydrogen-bond donors (Lipinski definition) is 1. The summed E-state index contributed by atoms with van der Waals surface area (Å²) in [6.45, 7) is 0.921. The molecule has 0 atom stereocenters. The Labute approximate surface area is 119 Å². The predicted octanol–water partition coefficient (Wildman–Crippen LogP) is 3.87. The van der Waals surface area contributed by atoms with Gasteiger partial charge in [0, 0.05) is 18.3 Å². The van der Waals surface area contributed by atoms with Crippen LogP contribution in [0.25, 0.3) is 11.3 Å². The molecule has 2 aromatic rings. The summed E-state index contributed by atoms with van der Waals surface area (Å²) in [7, 11) is 0. The first-order valence-corrected chi connectivity index (χ1v) is 7.04. The third-order valence-corrected chi connectivity index (χ3v) is 3.69. The molecular formula is C14H13BrFN3. The van der Waals surface area contributed by atoms with E-state index >= 15 is 0 Å². The fourth-order valence-electron chi connectivity index (χ4n) is 1.82. The van der Waals surface area contributed by atoms with Crippen molar-refractivity contribution in [3.05, 3.63) is 40.8 Å². The normalized spacial score (nSPS) is 14.4. The summed E-state index contributed by atoms with van der Waals surface area (Å²) >= 11 is 3.43. The third-order valence-electron chi connectivity index (χ3n) is 3.11. The van der Waals surface area contributed by atoms with Crippen molar-refractivity contribution in [2.75, 3.05) is 11.9 Å². The summed E-state index contributed by atoms with van der Waals surface area (Å²) in [5, 5.41) is 3.24. The minimum absolute atomic E-state index is 0.249. The van der Waals surface area contributed by atoms with Crippen molar-refractivity contribution in [2.45, 2.75) is 12.8 Å². The summed E-state index contributed by atoms with van der Waals surface area (Å²) in [5.41, 5.74) is 1.64. The summed E-state index contributed by atoms with van der Waals surface area (Å²) in [5.74, 6) is 1.14. The second kappa shape index (κ2) is 5.25. The summed E-state index contributed by atoms with van der Waals surface area (Å²) < 4.78 is 13.7. The molecule has 1 N–H and O–H groups in total. The molecule has 1 heterocycles. The van der Waals surface area contributed by atoms with Gasteiger partial charge in [-0.2, -0.15) is 0 Å². The van der Waals surface area contributed by atoms with Gasteiger partial charge in [-0.05, 0) is 59.0 Å². The van der Waals surface area contributed by atoms with Gasteiger partial charge in [-0.15, -0.1) is 0 Å². The van der Waals surface area contributed by atoms with E-state index in [2.05, 4.69) is 31.2 Å². The van der Waals surface area contributed by atoms with Crippen LogP contribution in [0.4, 0.5) is 10.3 Å². The molecule has 3 nitrogen and oxygen atoms in total. The number of anilines is 1. The summed E-state index contributed by atoms with van der Waals surface area (Å²) in [4.78, 5) is 8.72. The first-order chi connectivity index (χ1) is 9.22. The number of nitrogens with one attached hydrogen (secondary N) is 1. The van der Waals surface area contributed by atoms with Crippen LogP contribution in [0.1, 0.15) is 12.8 Å². The lowest BCUT2D eigenvalue weighted by molar-refractivity contribution is 0.628. The second-order valence-electron chi connectivity index (χ2n) is 4.72. The average Bonchev–Trinajstić information content (AvgIpc) is 3.23. The average molecular weight is 322 g/mol. The van der Waals surface area contributed by atoms with E-state index in [9.17, 15) is 4.39 Å². The topological polar surface area (TPSA) is 37.8 Å². The van der Waals surface area contributed by atoms with Gasteiger partial charge in [-0.25, -0.2) is 14.4 Å². The molecule has 19 heavy (non-hydrogen) atoms.